The van der Waals surface area contributed by atoms with Crippen LogP contribution in [0.2, 0.25) is 0 Å². The first-order valence-electron chi connectivity index (χ1n) is 10.3. The molecule has 0 unspecified atom stereocenters. The smallest absolute Gasteiger partial charge is 0.338 e. The molecule has 0 aliphatic carbocycles. The fourth-order valence-corrected chi connectivity index (χ4v) is 3.31. The summed E-state index contributed by atoms with van der Waals surface area (Å²) in [4.78, 5) is 12.8. The molecule has 8 heteroatoms. The first-order chi connectivity index (χ1) is 15.6. The van der Waals surface area contributed by atoms with E-state index in [1.165, 1.54) is 12.1 Å². The molecule has 3 rings (SSSR count). The highest BCUT2D eigenvalue weighted by Gasteiger charge is 2.22. The van der Waals surface area contributed by atoms with E-state index in [4.69, 9.17) is 18.9 Å². The summed E-state index contributed by atoms with van der Waals surface area (Å²) in [5.41, 5.74) is 3.82. The Bertz CT molecular complexity index is 1030. The molecule has 0 fully saturated rings. The van der Waals surface area contributed by atoms with Crippen LogP contribution in [-0.2, 0) is 32.3 Å². The molecular formula is C24H27FN2O5. The zero-order valence-corrected chi connectivity index (χ0v) is 18.5. The maximum Gasteiger partial charge on any atom is 0.338 e. The van der Waals surface area contributed by atoms with Crippen molar-refractivity contribution in [1.29, 1.82) is 0 Å². The predicted molar refractivity (Wildman–Crippen MR) is 117 cm³/mol. The van der Waals surface area contributed by atoms with Gasteiger partial charge in [0.05, 0.1) is 30.2 Å². The summed E-state index contributed by atoms with van der Waals surface area (Å²) in [6, 6.07) is 13.3. The van der Waals surface area contributed by atoms with Gasteiger partial charge < -0.3 is 18.9 Å². The lowest BCUT2D eigenvalue weighted by molar-refractivity contribution is -0.0389. The number of benzene rings is 2. The molecule has 1 aromatic heterocycles. The van der Waals surface area contributed by atoms with E-state index in [9.17, 15) is 9.18 Å². The Balaban J connectivity index is 2.12. The predicted octanol–water partition coefficient (Wildman–Crippen LogP) is 4.65. The van der Waals surface area contributed by atoms with Gasteiger partial charge in [-0.05, 0) is 48.4 Å². The minimum atomic E-state index is -0.430. The molecular weight excluding hydrogens is 415 g/mol. The van der Waals surface area contributed by atoms with Crippen LogP contribution in [0.1, 0.15) is 29.3 Å². The monoisotopic (exact) mass is 442 g/mol. The van der Waals surface area contributed by atoms with E-state index in [-0.39, 0.29) is 25.9 Å². The van der Waals surface area contributed by atoms with E-state index in [0.29, 0.717) is 23.4 Å². The second-order valence-electron chi connectivity index (χ2n) is 7.07. The SMILES string of the molecule is CCCOC(=O)c1cccc(COCOC)c1-c1cc(-c2ccc(F)cc2)n(COC)n1. The summed E-state index contributed by atoms with van der Waals surface area (Å²) in [7, 11) is 3.11. The minimum Gasteiger partial charge on any atom is -0.462 e. The number of hydrogen-bond acceptors (Lipinski definition) is 6. The van der Waals surface area contributed by atoms with Crippen LogP contribution in [0.15, 0.2) is 48.5 Å². The van der Waals surface area contributed by atoms with Crippen molar-refractivity contribution >= 4 is 5.97 Å². The number of carbonyl (C=O) groups excluding carboxylic acids is 1. The van der Waals surface area contributed by atoms with Crippen molar-refractivity contribution in [2.45, 2.75) is 26.7 Å². The summed E-state index contributed by atoms with van der Waals surface area (Å²) in [5.74, 6) is -0.756. The van der Waals surface area contributed by atoms with Gasteiger partial charge in [-0.2, -0.15) is 5.10 Å². The van der Waals surface area contributed by atoms with Gasteiger partial charge in [-0.3, -0.25) is 0 Å². The largest absolute Gasteiger partial charge is 0.462 e. The number of rotatable bonds is 11. The normalized spacial score (nSPS) is 11.0. The van der Waals surface area contributed by atoms with Crippen LogP contribution in [0, 0.1) is 5.82 Å². The zero-order chi connectivity index (χ0) is 22.9. The molecule has 0 bridgehead atoms. The third-order valence-corrected chi connectivity index (χ3v) is 4.69. The molecule has 1 heterocycles. The molecule has 3 aromatic rings. The van der Waals surface area contributed by atoms with Crippen LogP contribution in [0.4, 0.5) is 4.39 Å². The topological polar surface area (TPSA) is 71.8 Å². The van der Waals surface area contributed by atoms with Crippen molar-refractivity contribution < 1.29 is 28.1 Å². The van der Waals surface area contributed by atoms with Crippen LogP contribution in [0.5, 0.6) is 0 Å². The number of nitrogens with zero attached hydrogens (tertiary/aromatic N) is 2. The molecule has 0 saturated heterocycles. The molecule has 170 valence electrons. The highest BCUT2D eigenvalue weighted by Crippen LogP contribution is 2.32. The average molecular weight is 442 g/mol. The van der Waals surface area contributed by atoms with Crippen LogP contribution >= 0.6 is 0 Å². The van der Waals surface area contributed by atoms with Gasteiger partial charge in [-0.15, -0.1) is 0 Å². The molecule has 0 N–H and O–H groups in total. The van der Waals surface area contributed by atoms with E-state index < -0.39 is 5.97 Å². The highest BCUT2D eigenvalue weighted by atomic mass is 19.1. The Morgan fingerprint density at radius 1 is 1.09 bits per heavy atom. The highest BCUT2D eigenvalue weighted by molar-refractivity contribution is 5.98. The Kier molecular flexibility index (Phi) is 8.49. The van der Waals surface area contributed by atoms with E-state index in [1.54, 1.807) is 43.2 Å². The second-order valence-corrected chi connectivity index (χ2v) is 7.07. The third kappa shape index (κ3) is 5.59. The van der Waals surface area contributed by atoms with Crippen LogP contribution in [0.3, 0.4) is 0 Å². The molecule has 2 aromatic carbocycles. The summed E-state index contributed by atoms with van der Waals surface area (Å²) in [6.07, 6.45) is 0.717. The molecule has 7 nitrogen and oxygen atoms in total. The van der Waals surface area contributed by atoms with Gasteiger partial charge in [0.25, 0.3) is 0 Å². The molecule has 0 amide bonds. The Morgan fingerprint density at radius 2 is 1.88 bits per heavy atom. The van der Waals surface area contributed by atoms with Crippen LogP contribution < -0.4 is 0 Å². The number of ether oxygens (including phenoxy) is 4. The number of halogens is 1. The third-order valence-electron chi connectivity index (χ3n) is 4.69. The Morgan fingerprint density at radius 3 is 2.56 bits per heavy atom. The number of carbonyl (C=O) groups is 1. The van der Waals surface area contributed by atoms with Crippen LogP contribution in [-0.4, -0.2) is 43.4 Å². The summed E-state index contributed by atoms with van der Waals surface area (Å²) < 4.78 is 36.3. The minimum absolute atomic E-state index is 0.114. The fraction of sp³-hybridized carbons (Fsp3) is 0.333. The van der Waals surface area contributed by atoms with E-state index >= 15 is 0 Å². The van der Waals surface area contributed by atoms with E-state index in [1.807, 2.05) is 19.1 Å². The summed E-state index contributed by atoms with van der Waals surface area (Å²) in [6.45, 7) is 2.78. The lowest BCUT2D eigenvalue weighted by atomic mass is 9.97. The Labute approximate surface area is 186 Å². The Hall–Kier alpha value is -3.07. The van der Waals surface area contributed by atoms with Gasteiger partial charge in [0.2, 0.25) is 0 Å². The lowest BCUT2D eigenvalue weighted by Gasteiger charge is -2.13. The van der Waals surface area contributed by atoms with Gasteiger partial charge in [0.1, 0.15) is 19.3 Å². The maximum atomic E-state index is 13.4. The van der Waals surface area contributed by atoms with Crippen molar-refractivity contribution in [2.75, 3.05) is 27.6 Å². The van der Waals surface area contributed by atoms with Gasteiger partial charge in [0.15, 0.2) is 0 Å². The molecule has 0 radical (unpaired) electrons. The molecule has 0 saturated carbocycles. The lowest BCUT2D eigenvalue weighted by Crippen LogP contribution is -2.10. The van der Waals surface area contributed by atoms with Crippen molar-refractivity contribution in [3.05, 3.63) is 65.5 Å². The fourth-order valence-electron chi connectivity index (χ4n) is 3.31. The standard InChI is InChI=1S/C24H27FN2O5/c1-4-12-32-24(28)20-7-5-6-18(14-31-16-30-3)23(20)21-13-22(27(26-21)15-29-2)17-8-10-19(25)11-9-17/h5-11,13H,4,12,14-16H2,1-3H3. The summed E-state index contributed by atoms with van der Waals surface area (Å²) >= 11 is 0. The van der Waals surface area contributed by atoms with E-state index in [0.717, 1.165) is 23.2 Å². The molecule has 0 aliphatic heterocycles. The van der Waals surface area contributed by atoms with E-state index in [2.05, 4.69) is 5.10 Å². The summed E-state index contributed by atoms with van der Waals surface area (Å²) in [5, 5.41) is 4.68. The molecule has 32 heavy (non-hydrogen) atoms. The van der Waals surface area contributed by atoms with Crippen molar-refractivity contribution in [3.63, 3.8) is 0 Å². The van der Waals surface area contributed by atoms with Gasteiger partial charge >= 0.3 is 5.97 Å². The molecule has 0 aliphatic rings. The zero-order valence-electron chi connectivity index (χ0n) is 18.5. The quantitative estimate of drug-likeness (QED) is 0.245. The first kappa shape index (κ1) is 23.6. The van der Waals surface area contributed by atoms with Gasteiger partial charge in [-0.25, -0.2) is 13.9 Å². The molecule has 0 spiro atoms. The van der Waals surface area contributed by atoms with Crippen molar-refractivity contribution in [3.8, 4) is 22.5 Å². The number of hydrogen-bond donors (Lipinski definition) is 0. The number of methoxy groups -OCH3 is 2. The van der Waals surface area contributed by atoms with Crippen molar-refractivity contribution in [1.82, 2.24) is 9.78 Å². The van der Waals surface area contributed by atoms with Crippen molar-refractivity contribution in [2.24, 2.45) is 0 Å². The number of esters is 1. The van der Waals surface area contributed by atoms with Crippen LogP contribution in [0.25, 0.3) is 22.5 Å². The van der Waals surface area contributed by atoms with Gasteiger partial charge in [-0.1, -0.05) is 19.1 Å². The van der Waals surface area contributed by atoms with Gasteiger partial charge in [0, 0.05) is 25.3 Å². The first-order valence-corrected chi connectivity index (χ1v) is 10.3. The number of aromatic nitrogens is 2. The molecule has 0 atom stereocenters. The maximum absolute atomic E-state index is 13.4. The average Bonchev–Trinajstić information content (AvgIpc) is 3.21. The second kappa shape index (κ2) is 11.5.